The van der Waals surface area contributed by atoms with Gasteiger partial charge in [0.15, 0.2) is 11.5 Å². The Labute approximate surface area is 113 Å². The number of benzene rings is 1. The Morgan fingerprint density at radius 2 is 1.94 bits per heavy atom. The first-order valence-electron chi connectivity index (χ1n) is 5.65. The summed E-state index contributed by atoms with van der Waals surface area (Å²) < 4.78 is 10.4. The molecule has 102 valence electrons. The molecule has 1 aromatic carbocycles. The van der Waals surface area contributed by atoms with Crippen LogP contribution < -0.4 is 15.2 Å². The van der Waals surface area contributed by atoms with E-state index in [-0.39, 0.29) is 6.61 Å². The van der Waals surface area contributed by atoms with Crippen LogP contribution in [0.3, 0.4) is 0 Å². The summed E-state index contributed by atoms with van der Waals surface area (Å²) >= 11 is 6.28. The van der Waals surface area contributed by atoms with E-state index >= 15 is 0 Å². The molecule has 18 heavy (non-hydrogen) atoms. The Balaban J connectivity index is 3.27. The van der Waals surface area contributed by atoms with Crippen LogP contribution in [0.25, 0.3) is 0 Å². The van der Waals surface area contributed by atoms with E-state index in [2.05, 4.69) is 0 Å². The van der Waals surface area contributed by atoms with Crippen LogP contribution >= 0.6 is 11.6 Å². The standard InChI is InChI=1S/C13H20ClNO3/c1-13(2,7-16)12(15)8-5-6-9(17-3)11(18-4)10(8)14/h5-6,12,16H,7,15H2,1-4H3/t12-/m0/s1. The molecule has 0 radical (unpaired) electrons. The Kier molecular flexibility index (Phi) is 4.85. The van der Waals surface area contributed by atoms with Gasteiger partial charge in [-0.1, -0.05) is 31.5 Å². The first-order chi connectivity index (χ1) is 8.38. The number of rotatable bonds is 5. The second kappa shape index (κ2) is 5.78. The van der Waals surface area contributed by atoms with Gasteiger partial charge in [-0.25, -0.2) is 0 Å². The molecular weight excluding hydrogens is 254 g/mol. The number of halogens is 1. The highest BCUT2D eigenvalue weighted by atomic mass is 35.5. The van der Waals surface area contributed by atoms with Gasteiger partial charge in [-0.2, -0.15) is 0 Å². The van der Waals surface area contributed by atoms with Crippen molar-refractivity contribution < 1.29 is 14.6 Å². The molecule has 1 rings (SSSR count). The summed E-state index contributed by atoms with van der Waals surface area (Å²) in [5.41, 5.74) is 6.42. The van der Waals surface area contributed by atoms with Crippen molar-refractivity contribution in [3.8, 4) is 11.5 Å². The van der Waals surface area contributed by atoms with Crippen LogP contribution in [0, 0.1) is 5.41 Å². The number of hydrogen-bond donors (Lipinski definition) is 2. The van der Waals surface area contributed by atoms with E-state index < -0.39 is 11.5 Å². The number of ether oxygens (including phenoxy) is 2. The molecule has 4 nitrogen and oxygen atoms in total. The van der Waals surface area contributed by atoms with Crippen LogP contribution in [-0.4, -0.2) is 25.9 Å². The first kappa shape index (κ1) is 15.1. The van der Waals surface area contributed by atoms with E-state index in [0.29, 0.717) is 16.5 Å². The predicted octanol–water partition coefficient (Wildman–Crippen LogP) is 2.38. The Morgan fingerprint density at radius 1 is 1.33 bits per heavy atom. The number of methoxy groups -OCH3 is 2. The highest BCUT2D eigenvalue weighted by Gasteiger charge is 2.30. The quantitative estimate of drug-likeness (QED) is 0.864. The van der Waals surface area contributed by atoms with Gasteiger partial charge in [0, 0.05) is 18.1 Å². The summed E-state index contributed by atoms with van der Waals surface area (Å²) in [7, 11) is 3.07. The lowest BCUT2D eigenvalue weighted by atomic mass is 9.81. The molecule has 0 spiro atoms. The molecule has 3 N–H and O–H groups in total. The highest BCUT2D eigenvalue weighted by Crippen LogP contribution is 2.42. The molecule has 1 atom stereocenters. The van der Waals surface area contributed by atoms with Crippen LogP contribution in [0.5, 0.6) is 11.5 Å². The molecule has 0 saturated carbocycles. The molecule has 0 saturated heterocycles. The van der Waals surface area contributed by atoms with Crippen molar-refractivity contribution in [2.24, 2.45) is 11.1 Å². The van der Waals surface area contributed by atoms with Gasteiger partial charge in [0.05, 0.1) is 19.2 Å². The average Bonchev–Trinajstić information content (AvgIpc) is 2.37. The number of aliphatic hydroxyl groups excluding tert-OH is 1. The lowest BCUT2D eigenvalue weighted by Crippen LogP contribution is -2.32. The fourth-order valence-electron chi connectivity index (χ4n) is 1.66. The van der Waals surface area contributed by atoms with Crippen molar-refractivity contribution in [3.05, 3.63) is 22.7 Å². The third kappa shape index (κ3) is 2.71. The van der Waals surface area contributed by atoms with Crippen molar-refractivity contribution in [1.29, 1.82) is 0 Å². The lowest BCUT2D eigenvalue weighted by molar-refractivity contribution is 0.132. The maximum atomic E-state index is 9.36. The average molecular weight is 274 g/mol. The van der Waals surface area contributed by atoms with Crippen LogP contribution in [0.4, 0.5) is 0 Å². The van der Waals surface area contributed by atoms with Crippen molar-refractivity contribution >= 4 is 11.6 Å². The summed E-state index contributed by atoms with van der Waals surface area (Å²) in [5.74, 6) is 1.01. The van der Waals surface area contributed by atoms with Gasteiger partial charge < -0.3 is 20.3 Å². The van der Waals surface area contributed by atoms with Gasteiger partial charge in [0.1, 0.15) is 0 Å². The monoisotopic (exact) mass is 273 g/mol. The van der Waals surface area contributed by atoms with E-state index in [0.717, 1.165) is 5.56 Å². The SMILES string of the molecule is COc1ccc([C@H](N)C(C)(C)CO)c(Cl)c1OC. The first-order valence-corrected chi connectivity index (χ1v) is 6.03. The predicted molar refractivity (Wildman–Crippen MR) is 72.4 cm³/mol. The van der Waals surface area contributed by atoms with Gasteiger partial charge in [0.2, 0.25) is 0 Å². The minimum absolute atomic E-state index is 0.0289. The molecule has 0 aliphatic rings. The Morgan fingerprint density at radius 3 is 2.39 bits per heavy atom. The van der Waals surface area contributed by atoms with Gasteiger partial charge in [0.25, 0.3) is 0 Å². The van der Waals surface area contributed by atoms with Gasteiger partial charge >= 0.3 is 0 Å². The third-order valence-electron chi connectivity index (χ3n) is 3.10. The lowest BCUT2D eigenvalue weighted by Gasteiger charge is -2.30. The third-order valence-corrected chi connectivity index (χ3v) is 3.49. The van der Waals surface area contributed by atoms with Gasteiger partial charge in [-0.3, -0.25) is 0 Å². The Hall–Kier alpha value is -0.970. The molecule has 0 heterocycles. The van der Waals surface area contributed by atoms with Crippen LogP contribution in [-0.2, 0) is 0 Å². The molecule has 0 aromatic heterocycles. The normalized spacial score (nSPS) is 13.3. The zero-order valence-electron chi connectivity index (χ0n) is 11.2. The molecule has 5 heteroatoms. The molecule has 0 unspecified atom stereocenters. The minimum Gasteiger partial charge on any atom is -0.493 e. The van der Waals surface area contributed by atoms with Crippen molar-refractivity contribution in [2.45, 2.75) is 19.9 Å². The van der Waals surface area contributed by atoms with Crippen molar-refractivity contribution in [2.75, 3.05) is 20.8 Å². The van der Waals surface area contributed by atoms with Crippen LogP contribution in [0.2, 0.25) is 5.02 Å². The molecule has 1 aromatic rings. The number of nitrogens with two attached hydrogens (primary N) is 1. The summed E-state index contributed by atoms with van der Waals surface area (Å²) in [6.07, 6.45) is 0. The van der Waals surface area contributed by atoms with E-state index in [1.807, 2.05) is 13.8 Å². The molecule has 0 fully saturated rings. The molecular formula is C13H20ClNO3. The minimum atomic E-state index is -0.469. The number of aliphatic hydroxyl groups is 1. The second-order valence-electron chi connectivity index (χ2n) is 4.83. The molecule has 0 bridgehead atoms. The smallest absolute Gasteiger partial charge is 0.179 e. The van der Waals surface area contributed by atoms with Crippen molar-refractivity contribution in [1.82, 2.24) is 0 Å². The highest BCUT2D eigenvalue weighted by molar-refractivity contribution is 6.33. The molecule has 0 aliphatic carbocycles. The summed E-state index contributed by atoms with van der Waals surface area (Å²) in [4.78, 5) is 0. The van der Waals surface area contributed by atoms with E-state index in [1.165, 1.54) is 7.11 Å². The zero-order valence-corrected chi connectivity index (χ0v) is 11.9. The van der Waals surface area contributed by atoms with E-state index in [9.17, 15) is 5.11 Å². The van der Waals surface area contributed by atoms with Gasteiger partial charge in [-0.05, 0) is 11.6 Å². The Bertz CT molecular complexity index is 421. The zero-order chi connectivity index (χ0) is 13.9. The molecule has 0 amide bonds. The summed E-state index contributed by atoms with van der Waals surface area (Å²) in [6.45, 7) is 3.73. The van der Waals surface area contributed by atoms with E-state index in [1.54, 1.807) is 19.2 Å². The molecule has 0 aliphatic heterocycles. The van der Waals surface area contributed by atoms with Crippen LogP contribution in [0.15, 0.2) is 12.1 Å². The summed E-state index contributed by atoms with van der Waals surface area (Å²) in [5, 5.41) is 9.79. The summed E-state index contributed by atoms with van der Waals surface area (Å²) in [6, 6.07) is 3.16. The van der Waals surface area contributed by atoms with Crippen molar-refractivity contribution in [3.63, 3.8) is 0 Å². The fourth-order valence-corrected chi connectivity index (χ4v) is 2.01. The van der Waals surface area contributed by atoms with Gasteiger partial charge in [-0.15, -0.1) is 0 Å². The fraction of sp³-hybridized carbons (Fsp3) is 0.538. The van der Waals surface area contributed by atoms with Crippen LogP contribution in [0.1, 0.15) is 25.5 Å². The van der Waals surface area contributed by atoms with E-state index in [4.69, 9.17) is 26.8 Å². The maximum Gasteiger partial charge on any atom is 0.179 e. The topological polar surface area (TPSA) is 64.7 Å². The second-order valence-corrected chi connectivity index (χ2v) is 5.21. The number of hydrogen-bond acceptors (Lipinski definition) is 4. The largest absolute Gasteiger partial charge is 0.493 e. The maximum absolute atomic E-state index is 9.36.